The molecule has 2 aliphatic rings. The van der Waals surface area contributed by atoms with Crippen LogP contribution in [-0.2, 0) is 30.4 Å². The van der Waals surface area contributed by atoms with Crippen LogP contribution >= 0.6 is 11.3 Å². The summed E-state index contributed by atoms with van der Waals surface area (Å²) in [6, 6.07) is 21.0. The molecule has 2 fully saturated rings. The highest BCUT2D eigenvalue weighted by atomic mass is 32.1. The minimum atomic E-state index is -0.607. The van der Waals surface area contributed by atoms with Gasteiger partial charge in [0.15, 0.2) is 11.5 Å². The van der Waals surface area contributed by atoms with Gasteiger partial charge in [0.1, 0.15) is 23.6 Å². The Labute approximate surface area is 528 Å². The van der Waals surface area contributed by atoms with E-state index in [1.54, 1.807) is 47.8 Å². The topological polar surface area (TPSA) is 213 Å². The molecule has 2 unspecified atom stereocenters. The Morgan fingerprint density at radius 2 is 1.50 bits per heavy atom. The minimum absolute atomic E-state index is 0.112. The molecule has 4 heterocycles. The summed E-state index contributed by atoms with van der Waals surface area (Å²) in [7, 11) is 1.61. The Hall–Kier alpha value is -7.18. The van der Waals surface area contributed by atoms with Crippen molar-refractivity contribution in [2.24, 2.45) is 5.41 Å². The number of carbonyl (C=O) groups excluding carboxylic acids is 3. The average Bonchev–Trinajstić information content (AvgIpc) is 1.51. The number of allylic oxidation sites excluding steroid dienone is 3. The van der Waals surface area contributed by atoms with E-state index in [0.717, 1.165) is 113 Å². The Balaban J connectivity index is 0.000000702. The number of pyridine rings is 1. The van der Waals surface area contributed by atoms with Crippen molar-refractivity contribution in [3.63, 3.8) is 0 Å². The zero-order chi connectivity index (χ0) is 64.1. The van der Waals surface area contributed by atoms with E-state index >= 15 is 0 Å². The second-order valence-corrected chi connectivity index (χ2v) is 22.8. The van der Waals surface area contributed by atoms with Gasteiger partial charge in [0.2, 0.25) is 18.2 Å². The number of ether oxygens (including phenoxy) is 5. The highest BCUT2D eigenvalue weighted by molar-refractivity contribution is 7.13. The number of aliphatic hydroxyl groups is 1. The molecule has 2 aromatic heterocycles. The quantitative estimate of drug-likeness (QED) is 0.0133. The van der Waals surface area contributed by atoms with Gasteiger partial charge in [-0.15, -0.1) is 11.3 Å². The smallest absolute Gasteiger partial charge is 0.245 e. The molecule has 0 aliphatic carbocycles. The van der Waals surface area contributed by atoms with Crippen LogP contribution in [0.5, 0.6) is 17.2 Å². The number of hydrogen-bond acceptors (Lipinski definition) is 16. The van der Waals surface area contributed by atoms with Crippen molar-refractivity contribution in [2.75, 3.05) is 97.8 Å². The van der Waals surface area contributed by atoms with E-state index < -0.39 is 17.6 Å². The first kappa shape index (κ1) is 73.3. The Kier molecular flexibility index (Phi) is 34.2. The number of fused-ring (bicyclic) bond motifs is 1. The molecule has 19 heteroatoms. The lowest BCUT2D eigenvalue weighted by molar-refractivity contribution is -0.138. The van der Waals surface area contributed by atoms with Crippen molar-refractivity contribution in [2.45, 2.75) is 132 Å². The molecule has 0 radical (unpaired) electrons. The first-order chi connectivity index (χ1) is 42.7. The normalized spacial score (nSPS) is 14.5. The number of hydrogen-bond donors (Lipinski definition) is 4. The largest absolute Gasteiger partial charge is 0.493 e. The number of aromatic nitrogens is 2. The number of benzene rings is 3. The van der Waals surface area contributed by atoms with Gasteiger partial charge in [-0.25, -0.2) is 4.98 Å². The lowest BCUT2D eigenvalue weighted by atomic mass is 9.85. The molecule has 2 atom stereocenters. The number of β-amino-alcohol motifs (C(OH)–C–C–N with tert-alkyl or cyclic N) is 1. The summed E-state index contributed by atoms with van der Waals surface area (Å²) >= 11 is 1.64. The number of thiazole rings is 1. The fourth-order valence-corrected chi connectivity index (χ4v) is 10.6. The highest BCUT2D eigenvalue weighted by Crippen LogP contribution is 2.38. The molecule has 7 rings (SSSR count). The molecule has 0 saturated carbocycles. The van der Waals surface area contributed by atoms with Crippen LogP contribution in [0.3, 0.4) is 0 Å². The van der Waals surface area contributed by atoms with E-state index in [4.69, 9.17) is 23.7 Å². The third kappa shape index (κ3) is 25.1. The van der Waals surface area contributed by atoms with E-state index in [9.17, 15) is 24.8 Å². The van der Waals surface area contributed by atoms with Crippen molar-refractivity contribution in [1.29, 1.82) is 5.26 Å². The Morgan fingerprint density at radius 1 is 0.841 bits per heavy atom. The number of anilines is 2. The molecular formula is C69H99N9O9S. The number of unbranched alkanes of at least 4 members (excludes halogenated alkanes) is 4. The Morgan fingerprint density at radius 3 is 2.07 bits per heavy atom. The number of methoxy groups -OCH3 is 1. The van der Waals surface area contributed by atoms with E-state index in [0.29, 0.717) is 105 Å². The number of nitrogens with zero attached hydrogens (tertiary/aromatic N) is 6. The summed E-state index contributed by atoms with van der Waals surface area (Å²) in [5.41, 5.74) is 7.27. The van der Waals surface area contributed by atoms with Crippen molar-refractivity contribution in [3.05, 3.63) is 126 Å². The predicted molar refractivity (Wildman–Crippen MR) is 355 cm³/mol. The van der Waals surface area contributed by atoms with Crippen LogP contribution in [0.15, 0.2) is 110 Å². The van der Waals surface area contributed by atoms with Gasteiger partial charge in [-0.05, 0) is 117 Å². The third-order valence-corrected chi connectivity index (χ3v) is 15.5. The van der Waals surface area contributed by atoms with Crippen LogP contribution < -0.4 is 30.2 Å². The maximum absolute atomic E-state index is 13.0. The first-order valence-corrected chi connectivity index (χ1v) is 32.2. The van der Waals surface area contributed by atoms with Gasteiger partial charge in [-0.2, -0.15) is 5.26 Å². The van der Waals surface area contributed by atoms with Crippen LogP contribution in [0, 0.1) is 23.7 Å². The second kappa shape index (κ2) is 41.1. The number of aliphatic hydroxyl groups excluding tert-OH is 1. The van der Waals surface area contributed by atoms with Crippen molar-refractivity contribution < 1.29 is 43.2 Å². The summed E-state index contributed by atoms with van der Waals surface area (Å²) in [6.45, 7) is 34.1. The molecule has 480 valence electrons. The fraction of sp³-hybridized carbons (Fsp3) is 0.507. The standard InChI is InChI=1S/C53H75N7O8.C12H12N2OS.2C2H6/c1-7-16-43(8-2)68-44-20-18-41(19-21-44)56-50-40(37-54)38-55-46-36-48(47(64-6)35-45(46)50)67-32-15-24-59-28-26-58(27-29-59)23-12-10-14-31-66-34-33-65-30-13-9-11-17-49(62)57-51(53(3,4)5)52(63)60-25-22-42(61)39-60;1-9-12(16-8-14-9)11-4-2-10(3-5-11)6-13-7-15;2*1-2/h7-8,16,18-21,35-36,38,42,51,61H,1-2,9-15,17,22-34,39H2,3-6H3,(H,55,56)(H,57,62);2-5,7-8H,6H2,1H3,(H,13,15);2*1-2H3/b43-16+;;;. The number of nitriles is 1. The molecular weight excluding hydrogens is 1130 g/mol. The van der Waals surface area contributed by atoms with E-state index in [2.05, 4.69) is 67.1 Å². The Bertz CT molecular complexity index is 2930. The summed E-state index contributed by atoms with van der Waals surface area (Å²) in [5, 5.41) is 29.5. The second-order valence-electron chi connectivity index (χ2n) is 22.0. The zero-order valence-corrected chi connectivity index (χ0v) is 54.7. The molecule has 88 heavy (non-hydrogen) atoms. The fourth-order valence-electron chi connectivity index (χ4n) is 9.77. The van der Waals surface area contributed by atoms with Crippen LogP contribution in [0.4, 0.5) is 11.4 Å². The van der Waals surface area contributed by atoms with Crippen molar-refractivity contribution in [3.8, 4) is 33.8 Å². The number of aryl methyl sites for hydroxylation is 1. The molecule has 0 spiro atoms. The van der Waals surface area contributed by atoms with E-state index in [1.165, 1.54) is 10.4 Å². The van der Waals surface area contributed by atoms with Crippen LogP contribution in [-0.4, -0.2) is 153 Å². The summed E-state index contributed by atoms with van der Waals surface area (Å²) in [5.74, 6) is 2.19. The van der Waals surface area contributed by atoms with Gasteiger partial charge < -0.3 is 59.4 Å². The van der Waals surface area contributed by atoms with Crippen LogP contribution in [0.1, 0.15) is 123 Å². The molecule has 5 aromatic rings. The molecule has 2 aliphatic heterocycles. The summed E-state index contributed by atoms with van der Waals surface area (Å²) < 4.78 is 29.4. The number of rotatable bonds is 33. The highest BCUT2D eigenvalue weighted by Gasteiger charge is 2.38. The maximum Gasteiger partial charge on any atom is 0.245 e. The molecule has 18 nitrogen and oxygen atoms in total. The van der Waals surface area contributed by atoms with Gasteiger partial charge in [0.05, 0.1) is 65.9 Å². The number of amides is 3. The summed E-state index contributed by atoms with van der Waals surface area (Å²) in [4.78, 5) is 52.6. The van der Waals surface area contributed by atoms with Crippen molar-refractivity contribution >= 4 is 51.8 Å². The van der Waals surface area contributed by atoms with E-state index in [1.807, 2.05) is 109 Å². The zero-order valence-electron chi connectivity index (χ0n) is 53.9. The number of likely N-dealkylation sites (tertiary alicyclic amines) is 1. The predicted octanol–water partition coefficient (Wildman–Crippen LogP) is 12.2. The van der Waals surface area contributed by atoms with Gasteiger partial charge >= 0.3 is 0 Å². The van der Waals surface area contributed by atoms with Gasteiger partial charge in [0, 0.05) is 95.3 Å². The first-order valence-electron chi connectivity index (χ1n) is 31.3. The van der Waals surface area contributed by atoms with Crippen LogP contribution in [0.2, 0.25) is 0 Å². The lowest BCUT2D eigenvalue weighted by Crippen LogP contribution is -2.54. The molecule has 3 aromatic carbocycles. The third-order valence-electron chi connectivity index (χ3n) is 14.5. The van der Waals surface area contributed by atoms with Crippen molar-refractivity contribution in [1.82, 2.24) is 35.3 Å². The molecule has 2 saturated heterocycles. The summed E-state index contributed by atoms with van der Waals surface area (Å²) in [6.07, 6.45) is 14.5. The average molecular weight is 1230 g/mol. The molecule has 0 bridgehead atoms. The monoisotopic (exact) mass is 1230 g/mol. The number of piperazine rings is 1. The van der Waals surface area contributed by atoms with Gasteiger partial charge in [-0.3, -0.25) is 19.4 Å². The van der Waals surface area contributed by atoms with E-state index in [-0.39, 0.29) is 11.8 Å². The lowest BCUT2D eigenvalue weighted by Gasteiger charge is -2.34. The molecule has 3 amide bonds. The maximum atomic E-state index is 13.0. The number of carbonyl (C=O) groups is 3. The van der Waals surface area contributed by atoms with Gasteiger partial charge in [0.25, 0.3) is 0 Å². The van der Waals surface area contributed by atoms with Gasteiger partial charge in [-0.1, -0.05) is 98.4 Å². The number of nitrogens with one attached hydrogen (secondary N) is 3. The molecule has 4 N–H and O–H groups in total. The van der Waals surface area contributed by atoms with Crippen LogP contribution in [0.25, 0.3) is 21.3 Å². The minimum Gasteiger partial charge on any atom is -0.493 e. The SMILES string of the molecule is C=C/C=C(\C=C)Oc1ccc(Nc2c(C#N)cnc3cc(OCCCN4CCN(CCCCCOCCOCCCCCC(=O)NC(C(=O)N5CCC(O)C5)C(C)(C)C)CC4)c(OC)cc23)cc1.CC.CC.Cc1ncsc1-c1ccc(CNC=O)cc1.